The summed E-state index contributed by atoms with van der Waals surface area (Å²) in [5.74, 6) is 1.78. The van der Waals surface area contributed by atoms with E-state index in [9.17, 15) is 4.79 Å². The van der Waals surface area contributed by atoms with Gasteiger partial charge in [-0.25, -0.2) is 0 Å². The maximum absolute atomic E-state index is 12.5. The average Bonchev–Trinajstić information content (AvgIpc) is 3.21. The van der Waals surface area contributed by atoms with Crippen molar-refractivity contribution in [3.63, 3.8) is 0 Å². The first-order valence-electron chi connectivity index (χ1n) is 9.29. The van der Waals surface area contributed by atoms with Crippen LogP contribution in [0.25, 0.3) is 10.8 Å². The largest absolute Gasteiger partial charge is 0.495 e. The molecular formula is C24H21NO4. The van der Waals surface area contributed by atoms with Crippen LogP contribution in [0.3, 0.4) is 0 Å². The van der Waals surface area contributed by atoms with Gasteiger partial charge >= 0.3 is 0 Å². The van der Waals surface area contributed by atoms with Crippen LogP contribution in [0.4, 0.5) is 5.69 Å². The van der Waals surface area contributed by atoms with E-state index in [0.29, 0.717) is 17.2 Å². The van der Waals surface area contributed by atoms with Gasteiger partial charge in [-0.2, -0.15) is 0 Å². The number of nitrogens with one attached hydrogen (secondary N) is 1. The minimum Gasteiger partial charge on any atom is -0.495 e. The fraction of sp³-hybridized carbons (Fsp3) is 0.125. The molecule has 3 aromatic carbocycles. The molecule has 1 N–H and O–H groups in total. The van der Waals surface area contributed by atoms with Crippen LogP contribution in [-0.2, 0) is 6.61 Å². The highest BCUT2D eigenvalue weighted by Crippen LogP contribution is 2.26. The van der Waals surface area contributed by atoms with Crippen LogP contribution >= 0.6 is 0 Å². The molecule has 0 fully saturated rings. The molecule has 4 aromatic rings. The summed E-state index contributed by atoms with van der Waals surface area (Å²) in [7, 11) is 1.56. The smallest absolute Gasteiger partial charge is 0.291 e. The molecule has 0 aliphatic heterocycles. The minimum absolute atomic E-state index is 0.214. The van der Waals surface area contributed by atoms with Crippen LogP contribution in [0.2, 0.25) is 0 Å². The maximum Gasteiger partial charge on any atom is 0.291 e. The van der Waals surface area contributed by atoms with E-state index in [1.54, 1.807) is 19.2 Å². The number of anilines is 1. The number of furan rings is 1. The molecule has 146 valence electrons. The summed E-state index contributed by atoms with van der Waals surface area (Å²) in [5.41, 5.74) is 1.62. The van der Waals surface area contributed by atoms with Crippen molar-refractivity contribution in [2.24, 2.45) is 0 Å². The number of hydrogen-bond acceptors (Lipinski definition) is 4. The second-order valence-corrected chi connectivity index (χ2v) is 6.72. The summed E-state index contributed by atoms with van der Waals surface area (Å²) in [4.78, 5) is 12.5. The first-order chi connectivity index (χ1) is 14.1. The van der Waals surface area contributed by atoms with Crippen molar-refractivity contribution in [2.45, 2.75) is 13.5 Å². The van der Waals surface area contributed by atoms with Gasteiger partial charge in [0.2, 0.25) is 0 Å². The molecule has 5 heteroatoms. The molecule has 0 radical (unpaired) electrons. The summed E-state index contributed by atoms with van der Waals surface area (Å²) in [6, 6.07) is 23.0. The summed E-state index contributed by atoms with van der Waals surface area (Å²) in [6.45, 7) is 2.18. The number of ether oxygens (including phenoxy) is 2. The number of fused-ring (bicyclic) bond motifs is 1. The molecule has 1 amide bonds. The van der Waals surface area contributed by atoms with E-state index in [1.165, 1.54) is 0 Å². The Bertz CT molecular complexity index is 1160. The average molecular weight is 387 g/mol. The molecule has 0 unspecified atom stereocenters. The molecule has 0 saturated carbocycles. The Kier molecular flexibility index (Phi) is 5.20. The van der Waals surface area contributed by atoms with Gasteiger partial charge in [-0.05, 0) is 59.7 Å². The summed E-state index contributed by atoms with van der Waals surface area (Å²) in [5, 5.41) is 5.09. The molecule has 1 aromatic heterocycles. The molecule has 0 spiro atoms. The quantitative estimate of drug-likeness (QED) is 0.469. The number of rotatable bonds is 6. The second kappa shape index (κ2) is 8.10. The molecule has 0 saturated heterocycles. The molecular weight excluding hydrogens is 366 g/mol. The van der Waals surface area contributed by atoms with Crippen LogP contribution in [0, 0.1) is 6.92 Å². The Morgan fingerprint density at radius 2 is 1.79 bits per heavy atom. The van der Waals surface area contributed by atoms with E-state index >= 15 is 0 Å². The highest BCUT2D eigenvalue weighted by atomic mass is 16.5. The lowest BCUT2D eigenvalue weighted by Crippen LogP contribution is -2.12. The summed E-state index contributed by atoms with van der Waals surface area (Å²) in [6.07, 6.45) is 0. The predicted molar refractivity (Wildman–Crippen MR) is 113 cm³/mol. The van der Waals surface area contributed by atoms with Crippen molar-refractivity contribution >= 4 is 22.4 Å². The zero-order chi connectivity index (χ0) is 20.2. The topological polar surface area (TPSA) is 60.7 Å². The number of methoxy groups -OCH3 is 1. The minimum atomic E-state index is -0.342. The van der Waals surface area contributed by atoms with E-state index < -0.39 is 0 Å². The molecule has 0 aliphatic carbocycles. The molecule has 0 bridgehead atoms. The van der Waals surface area contributed by atoms with Gasteiger partial charge in [0.05, 0.1) is 12.8 Å². The Hall–Kier alpha value is -3.73. The van der Waals surface area contributed by atoms with Crippen LogP contribution in [0.1, 0.15) is 21.9 Å². The Labute approximate surface area is 168 Å². The number of carbonyl (C=O) groups excluding carboxylic acids is 1. The SMILES string of the molecule is COc1ccc(C)cc1NC(=O)c1ccc(COc2ccc3ccccc3c2)o1. The molecule has 0 atom stereocenters. The van der Waals surface area contributed by atoms with Crippen LogP contribution in [-0.4, -0.2) is 13.0 Å². The Morgan fingerprint density at radius 3 is 2.62 bits per heavy atom. The highest BCUT2D eigenvalue weighted by molar-refractivity contribution is 6.03. The molecule has 1 heterocycles. The zero-order valence-corrected chi connectivity index (χ0v) is 16.3. The number of amides is 1. The molecule has 4 rings (SSSR count). The van der Waals surface area contributed by atoms with Gasteiger partial charge in [0, 0.05) is 0 Å². The Balaban J connectivity index is 1.42. The van der Waals surface area contributed by atoms with Crippen LogP contribution in [0.15, 0.2) is 77.2 Å². The summed E-state index contributed by atoms with van der Waals surface area (Å²) >= 11 is 0. The Morgan fingerprint density at radius 1 is 0.966 bits per heavy atom. The predicted octanol–water partition coefficient (Wildman–Crippen LogP) is 5.58. The lowest BCUT2D eigenvalue weighted by Gasteiger charge is -2.10. The lowest BCUT2D eigenvalue weighted by molar-refractivity contribution is 0.0992. The summed E-state index contributed by atoms with van der Waals surface area (Å²) < 4.78 is 16.8. The van der Waals surface area contributed by atoms with E-state index in [0.717, 1.165) is 22.1 Å². The number of hydrogen-bond donors (Lipinski definition) is 1. The van der Waals surface area contributed by atoms with Crippen molar-refractivity contribution in [1.82, 2.24) is 0 Å². The third-order valence-electron chi connectivity index (χ3n) is 4.59. The van der Waals surface area contributed by atoms with Crippen molar-refractivity contribution in [3.8, 4) is 11.5 Å². The van der Waals surface area contributed by atoms with E-state index in [4.69, 9.17) is 13.9 Å². The van der Waals surface area contributed by atoms with Crippen molar-refractivity contribution < 1.29 is 18.7 Å². The fourth-order valence-corrected chi connectivity index (χ4v) is 3.09. The van der Waals surface area contributed by atoms with Gasteiger partial charge in [0.15, 0.2) is 5.76 Å². The van der Waals surface area contributed by atoms with Gasteiger partial charge < -0.3 is 19.2 Å². The van der Waals surface area contributed by atoms with Gasteiger partial charge in [-0.3, -0.25) is 4.79 Å². The maximum atomic E-state index is 12.5. The van der Waals surface area contributed by atoms with Crippen LogP contribution in [0.5, 0.6) is 11.5 Å². The third-order valence-corrected chi connectivity index (χ3v) is 4.59. The first-order valence-corrected chi connectivity index (χ1v) is 9.29. The zero-order valence-electron chi connectivity index (χ0n) is 16.3. The van der Waals surface area contributed by atoms with E-state index in [2.05, 4.69) is 11.4 Å². The van der Waals surface area contributed by atoms with E-state index in [-0.39, 0.29) is 18.3 Å². The first kappa shape index (κ1) is 18.6. The fourth-order valence-electron chi connectivity index (χ4n) is 3.09. The second-order valence-electron chi connectivity index (χ2n) is 6.72. The highest BCUT2D eigenvalue weighted by Gasteiger charge is 2.14. The van der Waals surface area contributed by atoms with Gasteiger partial charge in [-0.15, -0.1) is 0 Å². The number of aryl methyl sites for hydroxylation is 1. The number of benzene rings is 3. The number of carbonyl (C=O) groups is 1. The standard InChI is InChI=1S/C24H21NO4/c1-16-7-11-22(27-2)21(13-16)25-24(26)23-12-10-20(29-23)15-28-19-9-8-17-5-3-4-6-18(17)14-19/h3-14H,15H2,1-2H3,(H,25,26). The molecule has 0 aliphatic rings. The normalized spacial score (nSPS) is 10.7. The van der Waals surface area contributed by atoms with Crippen LogP contribution < -0.4 is 14.8 Å². The molecule has 5 nitrogen and oxygen atoms in total. The van der Waals surface area contributed by atoms with Gasteiger partial charge in [0.25, 0.3) is 5.91 Å². The molecule has 29 heavy (non-hydrogen) atoms. The van der Waals surface area contributed by atoms with Crippen molar-refractivity contribution in [3.05, 3.63) is 89.9 Å². The third kappa shape index (κ3) is 4.24. The van der Waals surface area contributed by atoms with Crippen molar-refractivity contribution in [2.75, 3.05) is 12.4 Å². The van der Waals surface area contributed by atoms with Crippen molar-refractivity contribution in [1.29, 1.82) is 0 Å². The van der Waals surface area contributed by atoms with Gasteiger partial charge in [-0.1, -0.05) is 36.4 Å². The van der Waals surface area contributed by atoms with Gasteiger partial charge in [0.1, 0.15) is 23.9 Å². The lowest BCUT2D eigenvalue weighted by atomic mass is 10.1. The monoisotopic (exact) mass is 387 g/mol. The van der Waals surface area contributed by atoms with E-state index in [1.807, 2.05) is 61.5 Å².